The second-order valence-electron chi connectivity index (χ2n) is 6.14. The van der Waals surface area contributed by atoms with E-state index in [0.717, 1.165) is 12.2 Å². The van der Waals surface area contributed by atoms with Gasteiger partial charge in [0.05, 0.1) is 10.1 Å². The molecule has 25 heavy (non-hydrogen) atoms. The highest BCUT2D eigenvalue weighted by atomic mass is 32.2. The van der Waals surface area contributed by atoms with E-state index in [9.17, 15) is 13.2 Å². The fraction of sp³-hybridized carbons (Fsp3) is 0.316. The van der Waals surface area contributed by atoms with Crippen LogP contribution in [-0.2, 0) is 9.84 Å². The van der Waals surface area contributed by atoms with Crippen LogP contribution < -0.4 is 10.2 Å². The predicted octanol–water partition coefficient (Wildman–Crippen LogP) is 3.58. The van der Waals surface area contributed by atoms with E-state index < -0.39 is 15.1 Å². The number of hydrogen-bond donors (Lipinski definition) is 1. The van der Waals surface area contributed by atoms with Gasteiger partial charge in [0, 0.05) is 30.5 Å². The molecule has 6 heteroatoms. The zero-order valence-electron chi connectivity index (χ0n) is 15.0. The third kappa shape index (κ3) is 4.39. The van der Waals surface area contributed by atoms with Crippen molar-refractivity contribution in [1.29, 1.82) is 0 Å². The Morgan fingerprint density at radius 3 is 2.32 bits per heavy atom. The summed E-state index contributed by atoms with van der Waals surface area (Å²) in [6.07, 6.45) is 0. The lowest BCUT2D eigenvalue weighted by Gasteiger charge is -2.17. The van der Waals surface area contributed by atoms with Gasteiger partial charge >= 0.3 is 0 Å². The molecule has 0 aliphatic rings. The fourth-order valence-corrected chi connectivity index (χ4v) is 3.33. The van der Waals surface area contributed by atoms with Crippen LogP contribution in [0.5, 0.6) is 0 Å². The molecule has 0 atom stereocenters. The van der Waals surface area contributed by atoms with Crippen LogP contribution in [0.25, 0.3) is 0 Å². The van der Waals surface area contributed by atoms with Gasteiger partial charge in [-0.15, -0.1) is 0 Å². The standard InChI is InChI=1S/C19H24N2O3S/c1-5-21(4)17-8-6-7-16(13-17)20-19(22)15-9-11-18(12-10-15)25(23,24)14(2)3/h6-14H,5H2,1-4H3,(H,20,22). The Labute approximate surface area is 149 Å². The maximum Gasteiger partial charge on any atom is 0.255 e. The van der Waals surface area contributed by atoms with Gasteiger partial charge in [-0.3, -0.25) is 4.79 Å². The molecule has 0 aromatic heterocycles. The molecule has 134 valence electrons. The molecule has 2 aromatic carbocycles. The minimum absolute atomic E-state index is 0.227. The molecule has 0 fully saturated rings. The largest absolute Gasteiger partial charge is 0.375 e. The Kier molecular flexibility index (Phi) is 5.85. The molecule has 0 heterocycles. The molecular formula is C19H24N2O3S. The van der Waals surface area contributed by atoms with Crippen LogP contribution >= 0.6 is 0 Å². The number of carbonyl (C=O) groups excluding carboxylic acids is 1. The summed E-state index contributed by atoms with van der Waals surface area (Å²) in [6, 6.07) is 13.6. The van der Waals surface area contributed by atoms with Gasteiger partial charge in [0.15, 0.2) is 9.84 Å². The van der Waals surface area contributed by atoms with Crippen LogP contribution in [0.1, 0.15) is 31.1 Å². The molecule has 0 saturated carbocycles. The molecule has 0 aliphatic carbocycles. The first-order chi connectivity index (χ1) is 11.8. The first-order valence-electron chi connectivity index (χ1n) is 8.22. The van der Waals surface area contributed by atoms with Crippen molar-refractivity contribution in [2.75, 3.05) is 23.8 Å². The highest BCUT2D eigenvalue weighted by molar-refractivity contribution is 7.92. The minimum Gasteiger partial charge on any atom is -0.375 e. The average Bonchev–Trinajstić information content (AvgIpc) is 2.61. The number of sulfone groups is 1. The van der Waals surface area contributed by atoms with E-state index in [1.54, 1.807) is 13.8 Å². The lowest BCUT2D eigenvalue weighted by atomic mass is 10.2. The molecule has 0 bridgehead atoms. The van der Waals surface area contributed by atoms with Crippen molar-refractivity contribution in [1.82, 2.24) is 0 Å². The number of nitrogens with one attached hydrogen (secondary N) is 1. The Hall–Kier alpha value is -2.34. The van der Waals surface area contributed by atoms with Crippen molar-refractivity contribution in [3.05, 3.63) is 54.1 Å². The maximum absolute atomic E-state index is 12.4. The lowest BCUT2D eigenvalue weighted by Crippen LogP contribution is -2.17. The summed E-state index contributed by atoms with van der Waals surface area (Å²) in [5, 5.41) is 2.35. The average molecular weight is 360 g/mol. The molecule has 0 spiro atoms. The third-order valence-corrected chi connectivity index (χ3v) is 6.26. The topological polar surface area (TPSA) is 66.5 Å². The number of nitrogens with zero attached hydrogens (tertiary/aromatic N) is 1. The molecule has 2 aromatic rings. The minimum atomic E-state index is -3.33. The van der Waals surface area contributed by atoms with Crippen molar-refractivity contribution in [2.45, 2.75) is 30.9 Å². The van der Waals surface area contributed by atoms with Gasteiger partial charge in [0.25, 0.3) is 5.91 Å². The second kappa shape index (κ2) is 7.70. The molecule has 2 rings (SSSR count). The summed E-state index contributed by atoms with van der Waals surface area (Å²) in [5.41, 5.74) is 2.12. The summed E-state index contributed by atoms with van der Waals surface area (Å²) < 4.78 is 24.3. The van der Waals surface area contributed by atoms with Crippen LogP contribution in [-0.4, -0.2) is 33.2 Å². The summed E-state index contributed by atoms with van der Waals surface area (Å²) in [6.45, 7) is 6.19. The molecule has 0 saturated heterocycles. The first kappa shape index (κ1) is 19.0. The number of carbonyl (C=O) groups is 1. The fourth-order valence-electron chi connectivity index (χ4n) is 2.28. The number of anilines is 2. The summed E-state index contributed by atoms with van der Waals surface area (Å²) in [7, 11) is -1.35. The van der Waals surface area contributed by atoms with Gasteiger partial charge in [-0.1, -0.05) is 6.07 Å². The van der Waals surface area contributed by atoms with Crippen LogP contribution in [0, 0.1) is 0 Å². The molecule has 5 nitrogen and oxygen atoms in total. The first-order valence-corrected chi connectivity index (χ1v) is 9.77. The molecule has 1 amide bonds. The van der Waals surface area contributed by atoms with E-state index in [2.05, 4.69) is 17.1 Å². The van der Waals surface area contributed by atoms with Gasteiger partial charge in [0.1, 0.15) is 0 Å². The summed E-state index contributed by atoms with van der Waals surface area (Å²) >= 11 is 0. The zero-order valence-corrected chi connectivity index (χ0v) is 15.8. The highest BCUT2D eigenvalue weighted by Gasteiger charge is 2.19. The van der Waals surface area contributed by atoms with Gasteiger partial charge in [-0.05, 0) is 63.2 Å². The van der Waals surface area contributed by atoms with Crippen LogP contribution in [0.4, 0.5) is 11.4 Å². The third-order valence-electron chi connectivity index (χ3n) is 4.08. The van der Waals surface area contributed by atoms with Crippen LogP contribution in [0.15, 0.2) is 53.4 Å². The van der Waals surface area contributed by atoms with Gasteiger partial charge in [-0.25, -0.2) is 8.42 Å². The normalized spacial score (nSPS) is 11.4. The van der Waals surface area contributed by atoms with Crippen LogP contribution in [0.3, 0.4) is 0 Å². The van der Waals surface area contributed by atoms with Gasteiger partial charge in [0.2, 0.25) is 0 Å². The van der Waals surface area contributed by atoms with Crippen molar-refractivity contribution in [3.63, 3.8) is 0 Å². The summed E-state index contributed by atoms with van der Waals surface area (Å²) in [4.78, 5) is 14.7. The Bertz CT molecular complexity index is 843. The van der Waals surface area contributed by atoms with E-state index in [0.29, 0.717) is 11.3 Å². The van der Waals surface area contributed by atoms with Gasteiger partial charge < -0.3 is 10.2 Å². The maximum atomic E-state index is 12.4. The Morgan fingerprint density at radius 2 is 1.76 bits per heavy atom. The van der Waals surface area contributed by atoms with E-state index in [-0.39, 0.29) is 10.8 Å². The lowest BCUT2D eigenvalue weighted by molar-refractivity contribution is 0.102. The molecular weight excluding hydrogens is 336 g/mol. The number of hydrogen-bond acceptors (Lipinski definition) is 4. The molecule has 1 N–H and O–H groups in total. The van der Waals surface area contributed by atoms with E-state index >= 15 is 0 Å². The van der Waals surface area contributed by atoms with E-state index in [1.165, 1.54) is 24.3 Å². The molecule has 0 aliphatic heterocycles. The van der Waals surface area contributed by atoms with E-state index in [4.69, 9.17) is 0 Å². The quantitative estimate of drug-likeness (QED) is 0.855. The van der Waals surface area contributed by atoms with Crippen LogP contribution in [0.2, 0.25) is 0 Å². The van der Waals surface area contributed by atoms with Gasteiger partial charge in [-0.2, -0.15) is 0 Å². The molecule has 0 radical (unpaired) electrons. The van der Waals surface area contributed by atoms with Crippen molar-refractivity contribution in [3.8, 4) is 0 Å². The zero-order chi connectivity index (χ0) is 18.6. The monoisotopic (exact) mass is 360 g/mol. The van der Waals surface area contributed by atoms with Crippen molar-refractivity contribution < 1.29 is 13.2 Å². The second-order valence-corrected chi connectivity index (χ2v) is 8.64. The SMILES string of the molecule is CCN(C)c1cccc(NC(=O)c2ccc(S(=O)(=O)C(C)C)cc2)c1. The molecule has 0 unspecified atom stereocenters. The number of rotatable bonds is 6. The highest BCUT2D eigenvalue weighted by Crippen LogP contribution is 2.20. The number of amides is 1. The van der Waals surface area contributed by atoms with E-state index in [1.807, 2.05) is 31.3 Å². The predicted molar refractivity (Wildman–Crippen MR) is 102 cm³/mol. The Morgan fingerprint density at radius 1 is 1.12 bits per heavy atom. The van der Waals surface area contributed by atoms with Crippen molar-refractivity contribution in [2.24, 2.45) is 0 Å². The smallest absolute Gasteiger partial charge is 0.255 e. The summed E-state index contributed by atoms with van der Waals surface area (Å²) in [5.74, 6) is -0.273. The Balaban J connectivity index is 2.17. The number of benzene rings is 2. The van der Waals surface area contributed by atoms with Crippen molar-refractivity contribution >= 4 is 27.1 Å².